The summed E-state index contributed by atoms with van der Waals surface area (Å²) < 4.78 is 29.0. The number of nitrogens with zero attached hydrogens (tertiary/aromatic N) is 2. The van der Waals surface area contributed by atoms with E-state index in [9.17, 15) is 18.0 Å². The van der Waals surface area contributed by atoms with Crippen molar-refractivity contribution in [2.45, 2.75) is 43.8 Å². The first-order valence-electron chi connectivity index (χ1n) is 13.8. The van der Waals surface area contributed by atoms with Gasteiger partial charge in [-0.25, -0.2) is 8.42 Å². The lowest BCUT2D eigenvalue weighted by Gasteiger charge is -2.34. The van der Waals surface area contributed by atoms with E-state index < -0.39 is 28.5 Å². The first-order valence-corrected chi connectivity index (χ1v) is 16.0. The fourth-order valence-electron chi connectivity index (χ4n) is 4.58. The van der Waals surface area contributed by atoms with Crippen LogP contribution in [-0.4, -0.2) is 43.8 Å². The van der Waals surface area contributed by atoms with Crippen molar-refractivity contribution in [2.75, 3.05) is 10.8 Å². The van der Waals surface area contributed by atoms with Crippen LogP contribution in [0.4, 0.5) is 5.69 Å². The zero-order valence-corrected chi connectivity index (χ0v) is 26.2. The molecule has 0 fully saturated rings. The Morgan fingerprint density at radius 1 is 0.744 bits per heavy atom. The van der Waals surface area contributed by atoms with Crippen molar-refractivity contribution in [3.8, 4) is 0 Å². The van der Waals surface area contributed by atoms with Crippen molar-refractivity contribution in [3.05, 3.63) is 130 Å². The molecule has 4 rings (SSSR count). The molecule has 0 radical (unpaired) electrons. The SMILES string of the molecule is CC(C)NC(=O)[C@@H](Cc1ccccc1)N(Cc1ccc(Cl)cc1)C(=O)CN(c1ccccc1)S(=O)(=O)c1ccc(Cl)cc1. The minimum atomic E-state index is -4.19. The molecule has 0 saturated heterocycles. The van der Waals surface area contributed by atoms with Gasteiger partial charge in [0.1, 0.15) is 12.6 Å². The van der Waals surface area contributed by atoms with Crippen LogP contribution in [0.2, 0.25) is 10.0 Å². The minimum absolute atomic E-state index is 0.0174. The second kappa shape index (κ2) is 14.6. The van der Waals surface area contributed by atoms with Crippen molar-refractivity contribution in [1.82, 2.24) is 10.2 Å². The molecular weight excluding hydrogens is 605 g/mol. The van der Waals surface area contributed by atoms with Gasteiger partial charge in [-0.2, -0.15) is 0 Å². The molecule has 0 spiro atoms. The van der Waals surface area contributed by atoms with Crippen LogP contribution in [0.3, 0.4) is 0 Å². The standard InChI is InChI=1S/C33H33Cl2N3O4S/c1-24(2)36-33(40)31(21-25-9-5-3-6-10-25)37(22-26-13-15-27(34)16-14-26)32(39)23-38(29-11-7-4-8-12-29)43(41,42)30-19-17-28(35)18-20-30/h3-20,24,31H,21-23H2,1-2H3,(H,36,40)/t31-/m1/s1. The van der Waals surface area contributed by atoms with E-state index in [2.05, 4.69) is 5.32 Å². The van der Waals surface area contributed by atoms with E-state index in [-0.39, 0.29) is 29.8 Å². The number of rotatable bonds is 12. The number of amides is 2. The van der Waals surface area contributed by atoms with E-state index >= 15 is 0 Å². The smallest absolute Gasteiger partial charge is 0.264 e. The molecule has 0 bridgehead atoms. The molecule has 43 heavy (non-hydrogen) atoms. The third-order valence-corrected chi connectivity index (χ3v) is 8.98. The maximum Gasteiger partial charge on any atom is 0.264 e. The van der Waals surface area contributed by atoms with Crippen LogP contribution in [0.25, 0.3) is 0 Å². The Labute approximate surface area is 263 Å². The monoisotopic (exact) mass is 637 g/mol. The number of nitrogens with one attached hydrogen (secondary N) is 1. The van der Waals surface area contributed by atoms with E-state index in [0.717, 1.165) is 15.4 Å². The van der Waals surface area contributed by atoms with E-state index in [1.807, 2.05) is 44.2 Å². The molecule has 0 aliphatic carbocycles. The van der Waals surface area contributed by atoms with Gasteiger partial charge in [-0.15, -0.1) is 0 Å². The van der Waals surface area contributed by atoms with Crippen LogP contribution >= 0.6 is 23.2 Å². The van der Waals surface area contributed by atoms with Crippen molar-refractivity contribution in [2.24, 2.45) is 0 Å². The van der Waals surface area contributed by atoms with Gasteiger partial charge in [0.15, 0.2) is 0 Å². The second-order valence-corrected chi connectivity index (χ2v) is 13.1. The largest absolute Gasteiger partial charge is 0.352 e. The number of hydrogen-bond acceptors (Lipinski definition) is 4. The van der Waals surface area contributed by atoms with Crippen LogP contribution in [0.15, 0.2) is 114 Å². The Kier molecular flexibility index (Phi) is 10.9. The third kappa shape index (κ3) is 8.60. The van der Waals surface area contributed by atoms with Gasteiger partial charge < -0.3 is 10.2 Å². The summed E-state index contributed by atoms with van der Waals surface area (Å²) in [6.45, 7) is 3.21. The first-order chi connectivity index (χ1) is 20.5. The lowest BCUT2D eigenvalue weighted by atomic mass is 10.0. The molecule has 1 N–H and O–H groups in total. The number of hydrogen-bond donors (Lipinski definition) is 1. The highest BCUT2D eigenvalue weighted by atomic mass is 35.5. The first kappa shape index (κ1) is 32.1. The Bertz CT molecular complexity index is 1620. The van der Waals surface area contributed by atoms with Gasteiger partial charge in [0.05, 0.1) is 10.6 Å². The summed E-state index contributed by atoms with van der Waals surface area (Å²) in [5.41, 5.74) is 1.90. The summed E-state index contributed by atoms with van der Waals surface area (Å²) >= 11 is 12.1. The van der Waals surface area contributed by atoms with E-state index in [1.165, 1.54) is 29.2 Å². The maximum absolute atomic E-state index is 14.3. The molecule has 0 unspecified atom stereocenters. The van der Waals surface area contributed by atoms with Gasteiger partial charge in [-0.05, 0) is 73.5 Å². The second-order valence-electron chi connectivity index (χ2n) is 10.3. The molecule has 4 aromatic carbocycles. The van der Waals surface area contributed by atoms with Gasteiger partial charge in [-0.1, -0.05) is 83.9 Å². The predicted molar refractivity (Wildman–Crippen MR) is 172 cm³/mol. The molecule has 4 aromatic rings. The van der Waals surface area contributed by atoms with Crippen molar-refractivity contribution >= 4 is 50.7 Å². The molecule has 7 nitrogen and oxygen atoms in total. The highest BCUT2D eigenvalue weighted by Crippen LogP contribution is 2.26. The lowest BCUT2D eigenvalue weighted by molar-refractivity contribution is -0.140. The van der Waals surface area contributed by atoms with Gasteiger partial charge in [0.2, 0.25) is 11.8 Å². The van der Waals surface area contributed by atoms with Gasteiger partial charge in [0, 0.05) is 29.1 Å². The van der Waals surface area contributed by atoms with Crippen LogP contribution in [0.1, 0.15) is 25.0 Å². The Morgan fingerprint density at radius 2 is 1.28 bits per heavy atom. The molecule has 224 valence electrons. The fraction of sp³-hybridized carbons (Fsp3) is 0.212. The summed E-state index contributed by atoms with van der Waals surface area (Å²) in [6.07, 6.45) is 0.230. The molecular formula is C33H33Cl2N3O4S. The van der Waals surface area contributed by atoms with Gasteiger partial charge >= 0.3 is 0 Å². The molecule has 0 aromatic heterocycles. The number of sulfonamides is 1. The number of carbonyl (C=O) groups is 2. The van der Waals surface area contributed by atoms with E-state index in [0.29, 0.717) is 15.7 Å². The molecule has 10 heteroatoms. The number of halogens is 2. The average Bonchev–Trinajstić information content (AvgIpc) is 2.99. The maximum atomic E-state index is 14.3. The predicted octanol–water partition coefficient (Wildman–Crippen LogP) is 6.35. The number of para-hydroxylation sites is 1. The summed E-state index contributed by atoms with van der Waals surface area (Å²) in [7, 11) is -4.19. The van der Waals surface area contributed by atoms with Crippen molar-refractivity contribution in [1.29, 1.82) is 0 Å². The molecule has 0 heterocycles. The molecule has 0 saturated carbocycles. The molecule has 0 aliphatic rings. The summed E-state index contributed by atoms with van der Waals surface area (Å²) in [6, 6.07) is 29.4. The quantitative estimate of drug-likeness (QED) is 0.196. The Morgan fingerprint density at radius 3 is 1.84 bits per heavy atom. The number of anilines is 1. The minimum Gasteiger partial charge on any atom is -0.352 e. The van der Waals surface area contributed by atoms with Gasteiger partial charge in [0.25, 0.3) is 10.0 Å². The third-order valence-electron chi connectivity index (χ3n) is 6.69. The summed E-state index contributed by atoms with van der Waals surface area (Å²) in [5, 5.41) is 3.86. The topological polar surface area (TPSA) is 86.8 Å². The van der Waals surface area contributed by atoms with Crippen LogP contribution < -0.4 is 9.62 Å². The lowest BCUT2D eigenvalue weighted by Crippen LogP contribution is -2.54. The normalized spacial score (nSPS) is 12.0. The van der Waals surface area contributed by atoms with Gasteiger partial charge in [-0.3, -0.25) is 13.9 Å². The van der Waals surface area contributed by atoms with Crippen molar-refractivity contribution in [3.63, 3.8) is 0 Å². The van der Waals surface area contributed by atoms with Crippen LogP contribution in [0.5, 0.6) is 0 Å². The molecule has 0 aliphatic heterocycles. The zero-order chi connectivity index (χ0) is 31.0. The number of carbonyl (C=O) groups excluding carboxylic acids is 2. The zero-order valence-electron chi connectivity index (χ0n) is 23.9. The van der Waals surface area contributed by atoms with Crippen LogP contribution in [0, 0.1) is 0 Å². The van der Waals surface area contributed by atoms with Crippen LogP contribution in [-0.2, 0) is 32.6 Å². The molecule has 1 atom stereocenters. The highest BCUT2D eigenvalue weighted by molar-refractivity contribution is 7.92. The summed E-state index contributed by atoms with van der Waals surface area (Å²) in [5.74, 6) is -0.885. The highest BCUT2D eigenvalue weighted by Gasteiger charge is 2.34. The Hall–Kier alpha value is -3.85. The average molecular weight is 639 g/mol. The molecule has 2 amide bonds. The van der Waals surface area contributed by atoms with E-state index in [1.54, 1.807) is 54.6 Å². The summed E-state index contributed by atoms with van der Waals surface area (Å²) in [4.78, 5) is 29.5. The number of benzene rings is 4. The fourth-order valence-corrected chi connectivity index (χ4v) is 6.24. The van der Waals surface area contributed by atoms with E-state index in [4.69, 9.17) is 23.2 Å². The Balaban J connectivity index is 1.78. The van der Waals surface area contributed by atoms with Crippen molar-refractivity contribution < 1.29 is 18.0 Å².